The van der Waals surface area contributed by atoms with Gasteiger partial charge in [0.2, 0.25) is 0 Å². The Morgan fingerprint density at radius 3 is 2.68 bits per heavy atom. The van der Waals surface area contributed by atoms with Gasteiger partial charge in [0.15, 0.2) is 0 Å². The minimum atomic E-state index is -0.235. The molecule has 5 heteroatoms. The summed E-state index contributed by atoms with van der Waals surface area (Å²) in [5.41, 5.74) is 3.84. The zero-order valence-electron chi connectivity index (χ0n) is 16.2. The molecule has 0 N–H and O–H groups in total. The Hall–Kier alpha value is -3.08. The number of hydrogen-bond acceptors (Lipinski definition) is 3. The van der Waals surface area contributed by atoms with Gasteiger partial charge in [-0.3, -0.25) is 9.59 Å². The highest BCUT2D eigenvalue weighted by molar-refractivity contribution is 6.00. The van der Waals surface area contributed by atoms with Gasteiger partial charge in [0.1, 0.15) is 5.69 Å². The normalized spacial score (nSPS) is 16.3. The number of carbonyl (C=O) groups is 2. The topological polar surface area (TPSA) is 51.5 Å². The molecule has 0 fully saturated rings. The van der Waals surface area contributed by atoms with Crippen molar-refractivity contribution in [2.75, 3.05) is 13.2 Å². The molecule has 0 aliphatic carbocycles. The number of esters is 1. The molecule has 2 aromatic carbocycles. The number of ether oxygens (including phenoxy) is 1. The molecule has 1 aromatic heterocycles. The van der Waals surface area contributed by atoms with Gasteiger partial charge < -0.3 is 14.2 Å². The molecular weight excluding hydrogens is 352 g/mol. The van der Waals surface area contributed by atoms with Gasteiger partial charge in [0.05, 0.1) is 19.1 Å². The van der Waals surface area contributed by atoms with Crippen LogP contribution >= 0.6 is 0 Å². The van der Waals surface area contributed by atoms with E-state index in [1.165, 1.54) is 0 Å². The summed E-state index contributed by atoms with van der Waals surface area (Å²) in [6.07, 6.45) is 0.247. The predicted octanol–water partition coefficient (Wildman–Crippen LogP) is 4.10. The number of hydrogen-bond donors (Lipinski definition) is 0. The van der Waals surface area contributed by atoms with Gasteiger partial charge >= 0.3 is 5.97 Å². The molecule has 3 aromatic rings. The maximum atomic E-state index is 13.2. The molecule has 0 saturated carbocycles. The fourth-order valence-electron chi connectivity index (χ4n) is 4.00. The van der Waals surface area contributed by atoms with Crippen LogP contribution in [0.4, 0.5) is 0 Å². The number of nitrogens with zero attached hydrogens (tertiary/aromatic N) is 2. The van der Waals surface area contributed by atoms with Crippen molar-refractivity contribution in [3.63, 3.8) is 0 Å². The molecule has 1 aliphatic rings. The van der Waals surface area contributed by atoms with E-state index in [1.54, 1.807) is 0 Å². The number of amides is 1. The van der Waals surface area contributed by atoms with Crippen molar-refractivity contribution in [3.8, 4) is 0 Å². The van der Waals surface area contributed by atoms with Crippen LogP contribution in [0.5, 0.6) is 0 Å². The first-order valence-corrected chi connectivity index (χ1v) is 9.67. The SMILES string of the molecule is CCOC(=O)C[C@H]1CN(Cc2ccccc2)C(=O)c2cc3cc(C)ccc3n21. The van der Waals surface area contributed by atoms with E-state index in [0.717, 1.165) is 22.0 Å². The smallest absolute Gasteiger partial charge is 0.307 e. The molecule has 1 atom stereocenters. The zero-order valence-corrected chi connectivity index (χ0v) is 16.2. The zero-order chi connectivity index (χ0) is 19.7. The molecule has 1 aliphatic heterocycles. The van der Waals surface area contributed by atoms with Crippen LogP contribution in [-0.4, -0.2) is 34.5 Å². The Morgan fingerprint density at radius 1 is 1.14 bits per heavy atom. The average molecular weight is 376 g/mol. The van der Waals surface area contributed by atoms with Crippen LogP contribution in [0.15, 0.2) is 54.6 Å². The molecule has 1 amide bonds. The minimum absolute atomic E-state index is 0.00202. The highest BCUT2D eigenvalue weighted by atomic mass is 16.5. The third-order valence-electron chi connectivity index (χ3n) is 5.22. The van der Waals surface area contributed by atoms with E-state index >= 15 is 0 Å². The Bertz CT molecular complexity index is 1020. The van der Waals surface area contributed by atoms with E-state index in [2.05, 4.69) is 6.07 Å². The van der Waals surface area contributed by atoms with Crippen molar-refractivity contribution < 1.29 is 14.3 Å². The second kappa shape index (κ2) is 7.50. The monoisotopic (exact) mass is 376 g/mol. The van der Waals surface area contributed by atoms with Gasteiger partial charge in [-0.1, -0.05) is 42.0 Å². The van der Waals surface area contributed by atoms with E-state index in [-0.39, 0.29) is 24.3 Å². The molecule has 28 heavy (non-hydrogen) atoms. The molecule has 2 heterocycles. The molecule has 0 unspecified atom stereocenters. The van der Waals surface area contributed by atoms with E-state index in [9.17, 15) is 9.59 Å². The standard InChI is InChI=1S/C23H24N2O3/c1-3-28-22(26)13-19-15-24(14-17-7-5-4-6-8-17)23(27)21-12-18-11-16(2)9-10-20(18)25(19)21/h4-12,19H,3,13-15H2,1-2H3/t19-/m0/s1. The van der Waals surface area contributed by atoms with Gasteiger partial charge in [0.25, 0.3) is 5.91 Å². The largest absolute Gasteiger partial charge is 0.466 e. The summed E-state index contributed by atoms with van der Waals surface area (Å²) in [4.78, 5) is 27.3. The van der Waals surface area contributed by atoms with Gasteiger partial charge in [0, 0.05) is 24.0 Å². The quantitative estimate of drug-likeness (QED) is 0.630. The maximum absolute atomic E-state index is 13.2. The Labute approximate surface area is 164 Å². The first-order valence-electron chi connectivity index (χ1n) is 9.67. The third-order valence-corrected chi connectivity index (χ3v) is 5.22. The van der Waals surface area contributed by atoms with Gasteiger partial charge in [-0.05, 0) is 37.6 Å². The molecule has 0 saturated heterocycles. The molecule has 5 nitrogen and oxygen atoms in total. The van der Waals surface area contributed by atoms with Crippen molar-refractivity contribution in [1.29, 1.82) is 0 Å². The lowest BCUT2D eigenvalue weighted by molar-refractivity contribution is -0.144. The van der Waals surface area contributed by atoms with Crippen molar-refractivity contribution in [2.24, 2.45) is 0 Å². The third kappa shape index (κ3) is 3.40. The highest BCUT2D eigenvalue weighted by Gasteiger charge is 2.34. The second-order valence-electron chi connectivity index (χ2n) is 7.30. The van der Waals surface area contributed by atoms with E-state index in [1.807, 2.05) is 71.8 Å². The van der Waals surface area contributed by atoms with Gasteiger partial charge in [-0.2, -0.15) is 0 Å². The lowest BCUT2D eigenvalue weighted by Gasteiger charge is -2.35. The Balaban J connectivity index is 1.74. The van der Waals surface area contributed by atoms with Crippen LogP contribution in [-0.2, 0) is 16.1 Å². The number of benzene rings is 2. The fourth-order valence-corrected chi connectivity index (χ4v) is 4.00. The van der Waals surface area contributed by atoms with Crippen LogP contribution in [0.3, 0.4) is 0 Å². The minimum Gasteiger partial charge on any atom is -0.466 e. The highest BCUT2D eigenvalue weighted by Crippen LogP contribution is 2.32. The summed E-state index contributed by atoms with van der Waals surface area (Å²) in [7, 11) is 0. The summed E-state index contributed by atoms with van der Waals surface area (Å²) < 4.78 is 7.22. The predicted molar refractivity (Wildman–Crippen MR) is 108 cm³/mol. The summed E-state index contributed by atoms with van der Waals surface area (Å²) in [5, 5.41) is 1.03. The first-order chi connectivity index (χ1) is 13.6. The number of carbonyl (C=O) groups excluding carboxylic acids is 2. The first kappa shape index (κ1) is 18.3. The lowest BCUT2D eigenvalue weighted by Crippen LogP contribution is -2.43. The maximum Gasteiger partial charge on any atom is 0.307 e. The lowest BCUT2D eigenvalue weighted by atomic mass is 10.1. The summed E-state index contributed by atoms with van der Waals surface area (Å²) >= 11 is 0. The number of fused-ring (bicyclic) bond motifs is 3. The Kier molecular flexibility index (Phi) is 4.90. The van der Waals surface area contributed by atoms with Crippen molar-refractivity contribution in [2.45, 2.75) is 32.9 Å². The van der Waals surface area contributed by atoms with Crippen molar-refractivity contribution >= 4 is 22.8 Å². The number of rotatable bonds is 5. The van der Waals surface area contributed by atoms with Crippen LogP contribution in [0, 0.1) is 6.92 Å². The molecule has 144 valence electrons. The van der Waals surface area contributed by atoms with Crippen LogP contribution in [0.25, 0.3) is 10.9 Å². The number of aryl methyl sites for hydroxylation is 1. The summed E-state index contributed by atoms with van der Waals surface area (Å²) in [6.45, 7) is 5.21. The Morgan fingerprint density at radius 2 is 1.93 bits per heavy atom. The molecule has 0 radical (unpaired) electrons. The van der Waals surface area contributed by atoms with Gasteiger partial charge in [-0.25, -0.2) is 0 Å². The molecule has 0 bridgehead atoms. The molecular formula is C23H24N2O3. The van der Waals surface area contributed by atoms with Crippen LogP contribution in [0.2, 0.25) is 0 Å². The molecule has 0 spiro atoms. The average Bonchev–Trinajstić information content (AvgIpc) is 3.05. The second-order valence-corrected chi connectivity index (χ2v) is 7.30. The van der Waals surface area contributed by atoms with Gasteiger partial charge in [-0.15, -0.1) is 0 Å². The number of aromatic nitrogens is 1. The van der Waals surface area contributed by atoms with E-state index in [4.69, 9.17) is 4.74 Å². The van der Waals surface area contributed by atoms with E-state index < -0.39 is 0 Å². The summed E-state index contributed by atoms with van der Waals surface area (Å²) in [5.74, 6) is -0.237. The van der Waals surface area contributed by atoms with Crippen molar-refractivity contribution in [1.82, 2.24) is 9.47 Å². The summed E-state index contributed by atoms with van der Waals surface area (Å²) in [6, 6.07) is 17.9. The van der Waals surface area contributed by atoms with E-state index in [0.29, 0.717) is 25.4 Å². The fraction of sp³-hybridized carbons (Fsp3) is 0.304. The molecule has 4 rings (SSSR count). The van der Waals surface area contributed by atoms with Crippen molar-refractivity contribution in [3.05, 3.63) is 71.4 Å². The van der Waals surface area contributed by atoms with Crippen LogP contribution in [0.1, 0.15) is 41.0 Å². The van der Waals surface area contributed by atoms with Crippen LogP contribution < -0.4 is 0 Å².